The molecule has 25 heavy (non-hydrogen) atoms. The smallest absolute Gasteiger partial charge is 0.123 e. The van der Waals surface area contributed by atoms with E-state index in [4.69, 9.17) is 4.98 Å². The molecule has 1 saturated heterocycles. The van der Waals surface area contributed by atoms with Crippen molar-refractivity contribution in [1.82, 2.24) is 15.3 Å². The van der Waals surface area contributed by atoms with Crippen molar-refractivity contribution in [3.63, 3.8) is 0 Å². The molecule has 0 radical (unpaired) electrons. The summed E-state index contributed by atoms with van der Waals surface area (Å²) < 4.78 is 1.21. The van der Waals surface area contributed by atoms with Crippen molar-refractivity contribution in [1.29, 1.82) is 0 Å². The number of rotatable bonds is 3. The Morgan fingerprint density at radius 3 is 2.48 bits per heavy atom. The summed E-state index contributed by atoms with van der Waals surface area (Å²) in [6, 6.07) is 9.46. The highest BCUT2D eigenvalue weighted by Crippen LogP contribution is 2.58. The molecule has 3 saturated carbocycles. The first-order valence-corrected chi connectivity index (χ1v) is 10.5. The number of aromatic nitrogens is 2. The summed E-state index contributed by atoms with van der Waals surface area (Å²) >= 11 is 3.66. The van der Waals surface area contributed by atoms with Gasteiger partial charge in [-0.3, -0.25) is 0 Å². The maximum Gasteiger partial charge on any atom is 0.123 e. The average molecular weight is 400 g/mol. The number of nitrogens with zero attached hydrogens (tertiary/aromatic N) is 1. The molecular weight excluding hydrogens is 374 g/mol. The Bertz CT molecular complexity index is 750. The average Bonchev–Trinajstić information content (AvgIpc) is 3.35. The van der Waals surface area contributed by atoms with Gasteiger partial charge in [-0.15, -0.1) is 0 Å². The van der Waals surface area contributed by atoms with Gasteiger partial charge in [-0.1, -0.05) is 28.1 Å². The quantitative estimate of drug-likeness (QED) is 0.749. The Morgan fingerprint density at radius 2 is 1.80 bits per heavy atom. The summed E-state index contributed by atoms with van der Waals surface area (Å²) in [5, 5.41) is 3.56. The highest BCUT2D eigenvalue weighted by atomic mass is 79.9. The van der Waals surface area contributed by atoms with Gasteiger partial charge in [0.2, 0.25) is 0 Å². The Hall–Kier alpha value is -1.13. The molecule has 132 valence electrons. The molecule has 3 nitrogen and oxygen atoms in total. The molecule has 1 aliphatic heterocycles. The summed E-state index contributed by atoms with van der Waals surface area (Å²) in [5.41, 5.74) is 3.69. The predicted octanol–water partition coefficient (Wildman–Crippen LogP) is 5.14. The predicted molar refractivity (Wildman–Crippen MR) is 104 cm³/mol. The van der Waals surface area contributed by atoms with Crippen LogP contribution in [0.3, 0.4) is 0 Å². The number of imidazole rings is 1. The zero-order chi connectivity index (χ0) is 16.9. The highest BCUT2D eigenvalue weighted by molar-refractivity contribution is 9.10. The summed E-state index contributed by atoms with van der Waals surface area (Å²) in [5.74, 6) is 1.16. The van der Waals surface area contributed by atoms with Crippen LogP contribution in [0.15, 0.2) is 34.9 Å². The van der Waals surface area contributed by atoms with Crippen molar-refractivity contribution in [3.05, 3.63) is 52.0 Å². The lowest BCUT2D eigenvalue weighted by atomic mass is 9.51. The fourth-order valence-electron chi connectivity index (χ4n) is 5.54. The van der Waals surface area contributed by atoms with Gasteiger partial charge in [0, 0.05) is 21.8 Å². The van der Waals surface area contributed by atoms with Gasteiger partial charge in [-0.2, -0.15) is 0 Å². The van der Waals surface area contributed by atoms with E-state index in [1.807, 2.05) is 0 Å². The van der Waals surface area contributed by atoms with E-state index in [-0.39, 0.29) is 0 Å². The Balaban J connectivity index is 1.38. The first kappa shape index (κ1) is 16.1. The maximum atomic E-state index is 4.75. The maximum absolute atomic E-state index is 4.75. The third kappa shape index (κ3) is 2.60. The van der Waals surface area contributed by atoms with E-state index in [1.165, 1.54) is 67.1 Å². The third-order valence-corrected chi connectivity index (χ3v) is 7.73. The molecule has 1 aromatic heterocycles. The van der Waals surface area contributed by atoms with Gasteiger partial charge in [-0.25, -0.2) is 4.98 Å². The topological polar surface area (TPSA) is 40.7 Å². The van der Waals surface area contributed by atoms with Gasteiger partial charge >= 0.3 is 0 Å². The summed E-state index contributed by atoms with van der Waals surface area (Å²) in [6.45, 7) is 1.13. The van der Waals surface area contributed by atoms with E-state index >= 15 is 0 Å². The second kappa shape index (κ2) is 5.95. The van der Waals surface area contributed by atoms with Crippen LogP contribution in [0.4, 0.5) is 0 Å². The fraction of sp³-hybridized carbons (Fsp3) is 0.571. The van der Waals surface area contributed by atoms with Crippen LogP contribution in [0, 0.1) is 0 Å². The van der Waals surface area contributed by atoms with E-state index in [2.05, 4.69) is 56.7 Å². The molecule has 4 heteroatoms. The first-order valence-electron chi connectivity index (χ1n) is 9.74. The van der Waals surface area contributed by atoms with E-state index in [1.54, 1.807) is 0 Å². The van der Waals surface area contributed by atoms with Crippen molar-refractivity contribution in [2.75, 3.05) is 6.54 Å². The molecule has 2 aromatic rings. The van der Waals surface area contributed by atoms with Crippen LogP contribution < -0.4 is 5.32 Å². The normalized spacial score (nSPS) is 34.5. The van der Waals surface area contributed by atoms with Crippen LogP contribution in [0.5, 0.6) is 0 Å². The first-order chi connectivity index (χ1) is 12.2. The number of aromatic amines is 1. The van der Waals surface area contributed by atoms with Crippen LogP contribution in [0.2, 0.25) is 0 Å². The number of hydrogen-bond acceptors (Lipinski definition) is 2. The Labute approximate surface area is 158 Å². The molecule has 1 aromatic carbocycles. The molecule has 0 amide bonds. The van der Waals surface area contributed by atoms with Gasteiger partial charge in [0.25, 0.3) is 0 Å². The van der Waals surface area contributed by atoms with Crippen molar-refractivity contribution in [3.8, 4) is 0 Å². The lowest BCUT2D eigenvalue weighted by Crippen LogP contribution is -2.46. The van der Waals surface area contributed by atoms with E-state index in [0.29, 0.717) is 16.9 Å². The monoisotopic (exact) mass is 399 g/mol. The number of nitrogens with one attached hydrogen (secondary N) is 2. The zero-order valence-electron chi connectivity index (χ0n) is 14.7. The van der Waals surface area contributed by atoms with E-state index in [0.717, 1.165) is 12.4 Å². The molecular formula is C21H26BrN3. The minimum Gasteiger partial charge on any atom is -0.344 e. The summed E-state index contributed by atoms with van der Waals surface area (Å²) in [4.78, 5) is 8.47. The van der Waals surface area contributed by atoms with Crippen molar-refractivity contribution in [2.45, 2.75) is 68.2 Å². The zero-order valence-corrected chi connectivity index (χ0v) is 16.2. The van der Waals surface area contributed by atoms with Gasteiger partial charge in [0.05, 0.1) is 6.04 Å². The van der Waals surface area contributed by atoms with Crippen LogP contribution in [-0.2, 0) is 10.8 Å². The van der Waals surface area contributed by atoms with Crippen LogP contribution in [0.25, 0.3) is 0 Å². The second-order valence-electron chi connectivity index (χ2n) is 8.40. The van der Waals surface area contributed by atoms with Crippen molar-refractivity contribution < 1.29 is 0 Å². The molecule has 2 bridgehead atoms. The minimum atomic E-state index is 0.345. The molecule has 6 rings (SSSR count). The third-order valence-electron chi connectivity index (χ3n) is 7.24. The lowest BCUT2D eigenvalue weighted by molar-refractivity contribution is 0.0988. The van der Waals surface area contributed by atoms with E-state index in [9.17, 15) is 0 Å². The second-order valence-corrected chi connectivity index (χ2v) is 9.32. The van der Waals surface area contributed by atoms with Gasteiger partial charge in [0.15, 0.2) is 0 Å². The lowest BCUT2D eigenvalue weighted by Gasteiger charge is -2.53. The molecule has 0 spiro atoms. The van der Waals surface area contributed by atoms with Gasteiger partial charge < -0.3 is 10.3 Å². The molecule has 2 N–H and O–H groups in total. The number of halogens is 1. The Morgan fingerprint density at radius 1 is 1.04 bits per heavy atom. The number of hydrogen-bond donors (Lipinski definition) is 2. The molecule has 4 fully saturated rings. The van der Waals surface area contributed by atoms with Crippen LogP contribution >= 0.6 is 15.9 Å². The molecule has 4 aliphatic rings. The summed E-state index contributed by atoms with van der Waals surface area (Å²) in [7, 11) is 0. The minimum absolute atomic E-state index is 0.345. The number of fused-ring (bicyclic) bond motifs is 3. The molecule has 1 atom stereocenters. The molecule has 3 aliphatic carbocycles. The number of H-pyrrole nitrogens is 1. The van der Waals surface area contributed by atoms with Crippen molar-refractivity contribution in [2.24, 2.45) is 0 Å². The van der Waals surface area contributed by atoms with Crippen LogP contribution in [0.1, 0.15) is 74.5 Å². The number of benzene rings is 1. The standard InChI is InChI=1S/C21H26BrN3/c22-16-4-1-3-15(13-16)20-6-9-21(10-7-20,11-8-20)18-14-24-19(25-18)17-5-2-12-23-17/h1,3-4,13-14,17,23H,2,5-12H2,(H,24,25)/t17-,20?,21?/m0/s1. The largest absolute Gasteiger partial charge is 0.344 e. The molecule has 2 heterocycles. The fourth-order valence-corrected chi connectivity index (χ4v) is 5.94. The van der Waals surface area contributed by atoms with Crippen LogP contribution in [-0.4, -0.2) is 16.5 Å². The Kier molecular flexibility index (Phi) is 3.83. The van der Waals surface area contributed by atoms with Gasteiger partial charge in [-0.05, 0) is 81.0 Å². The van der Waals surface area contributed by atoms with Crippen molar-refractivity contribution >= 4 is 15.9 Å². The SMILES string of the molecule is Brc1cccc(C23CCC(c4cnc([C@@H]5CCCN5)[nH]4)(CC2)CC3)c1. The highest BCUT2D eigenvalue weighted by Gasteiger charge is 2.50. The van der Waals surface area contributed by atoms with Gasteiger partial charge in [0.1, 0.15) is 5.82 Å². The molecule has 0 unspecified atom stereocenters. The van der Waals surface area contributed by atoms with E-state index < -0.39 is 0 Å². The summed E-state index contributed by atoms with van der Waals surface area (Å²) in [6.07, 6.45) is 12.4.